The molecule has 0 aliphatic carbocycles. The number of nitrogens with zero attached hydrogens (tertiary/aromatic N) is 2. The van der Waals surface area contributed by atoms with Gasteiger partial charge in [-0.25, -0.2) is 0 Å². The van der Waals surface area contributed by atoms with Crippen molar-refractivity contribution in [3.63, 3.8) is 0 Å². The number of aromatic nitrogens is 2. The predicted octanol–water partition coefficient (Wildman–Crippen LogP) is 3.26. The zero-order valence-electron chi connectivity index (χ0n) is 11.9. The van der Waals surface area contributed by atoms with Crippen molar-refractivity contribution in [1.82, 2.24) is 9.78 Å². The van der Waals surface area contributed by atoms with Gasteiger partial charge in [-0.15, -0.1) is 0 Å². The molecule has 1 atom stereocenters. The highest BCUT2D eigenvalue weighted by Crippen LogP contribution is 2.30. The van der Waals surface area contributed by atoms with Crippen molar-refractivity contribution in [1.29, 1.82) is 0 Å². The molecule has 0 spiro atoms. The number of hydrogen-bond donors (Lipinski definition) is 1. The fourth-order valence-corrected chi connectivity index (χ4v) is 2.74. The van der Waals surface area contributed by atoms with Crippen LogP contribution in [0.5, 0.6) is 5.75 Å². The van der Waals surface area contributed by atoms with Crippen LogP contribution in [-0.2, 0) is 13.0 Å². The summed E-state index contributed by atoms with van der Waals surface area (Å²) < 4.78 is 8.18. The highest BCUT2D eigenvalue weighted by atomic mass is 79.9. The minimum atomic E-state index is -0.621. The molecule has 0 fully saturated rings. The van der Waals surface area contributed by atoms with Gasteiger partial charge in [-0.3, -0.25) is 4.68 Å². The summed E-state index contributed by atoms with van der Waals surface area (Å²) in [6, 6.07) is 7.54. The second-order valence-corrected chi connectivity index (χ2v) is 5.42. The van der Waals surface area contributed by atoms with Gasteiger partial charge in [0.05, 0.1) is 29.1 Å². The van der Waals surface area contributed by atoms with Crippen LogP contribution in [0.2, 0.25) is 0 Å². The molecule has 5 heteroatoms. The van der Waals surface area contributed by atoms with Crippen LogP contribution < -0.4 is 4.74 Å². The lowest BCUT2D eigenvalue weighted by Crippen LogP contribution is -2.09. The summed E-state index contributed by atoms with van der Waals surface area (Å²) in [5.41, 5.74) is 2.74. The van der Waals surface area contributed by atoms with Crippen molar-refractivity contribution >= 4 is 15.9 Å². The minimum absolute atomic E-state index is 0.496. The van der Waals surface area contributed by atoms with Crippen LogP contribution >= 0.6 is 15.9 Å². The Balaban J connectivity index is 2.30. The zero-order valence-corrected chi connectivity index (χ0v) is 13.5. The van der Waals surface area contributed by atoms with Gasteiger partial charge in [0.1, 0.15) is 5.75 Å². The minimum Gasteiger partial charge on any atom is -0.496 e. The Labute approximate surface area is 127 Å². The van der Waals surface area contributed by atoms with E-state index >= 15 is 0 Å². The Bertz CT molecular complexity index is 596. The van der Waals surface area contributed by atoms with Gasteiger partial charge >= 0.3 is 0 Å². The molecule has 0 amide bonds. The van der Waals surface area contributed by atoms with Crippen molar-refractivity contribution in [2.24, 2.45) is 0 Å². The zero-order chi connectivity index (χ0) is 14.7. The molecule has 1 aromatic carbocycles. The van der Waals surface area contributed by atoms with Crippen LogP contribution in [0.4, 0.5) is 0 Å². The first-order valence-corrected chi connectivity index (χ1v) is 7.40. The number of benzene rings is 1. The van der Waals surface area contributed by atoms with Crippen molar-refractivity contribution < 1.29 is 9.84 Å². The van der Waals surface area contributed by atoms with Crippen LogP contribution in [-0.4, -0.2) is 22.0 Å². The second-order valence-electron chi connectivity index (χ2n) is 4.62. The third-order valence-electron chi connectivity index (χ3n) is 3.34. The first-order valence-electron chi connectivity index (χ1n) is 6.61. The average Bonchev–Trinajstić information content (AvgIpc) is 2.74. The van der Waals surface area contributed by atoms with E-state index in [-0.39, 0.29) is 0 Å². The largest absolute Gasteiger partial charge is 0.496 e. The van der Waals surface area contributed by atoms with E-state index in [2.05, 4.69) is 21.0 Å². The number of aliphatic hydroxyl groups excluding tert-OH is 1. The van der Waals surface area contributed by atoms with E-state index in [4.69, 9.17) is 4.74 Å². The quantitative estimate of drug-likeness (QED) is 0.910. The molecule has 0 radical (unpaired) electrons. The molecule has 108 valence electrons. The van der Waals surface area contributed by atoms with Crippen LogP contribution in [0, 0.1) is 6.92 Å². The molecule has 0 saturated carbocycles. The van der Waals surface area contributed by atoms with Gasteiger partial charge in [0.2, 0.25) is 0 Å². The summed E-state index contributed by atoms with van der Waals surface area (Å²) in [5, 5.41) is 14.9. The fraction of sp³-hybridized carbons (Fsp3) is 0.400. The summed E-state index contributed by atoms with van der Waals surface area (Å²) in [6.07, 6.45) is -0.126. The number of rotatable bonds is 5. The molecule has 2 aromatic rings. The van der Waals surface area contributed by atoms with Crippen molar-refractivity contribution in [3.05, 3.63) is 45.7 Å². The average molecular weight is 339 g/mol. The maximum atomic E-state index is 10.5. The molecule has 20 heavy (non-hydrogen) atoms. The van der Waals surface area contributed by atoms with E-state index in [1.165, 1.54) is 0 Å². The lowest BCUT2D eigenvalue weighted by molar-refractivity contribution is 0.171. The molecule has 1 aromatic heterocycles. The predicted molar refractivity (Wildman–Crippen MR) is 82.0 cm³/mol. The van der Waals surface area contributed by atoms with Gasteiger partial charge < -0.3 is 9.84 Å². The maximum Gasteiger partial charge on any atom is 0.124 e. The smallest absolute Gasteiger partial charge is 0.124 e. The Morgan fingerprint density at radius 3 is 2.75 bits per heavy atom. The van der Waals surface area contributed by atoms with Crippen molar-refractivity contribution in [2.75, 3.05) is 7.11 Å². The summed E-state index contributed by atoms with van der Waals surface area (Å²) in [6.45, 7) is 4.77. The highest BCUT2D eigenvalue weighted by molar-refractivity contribution is 9.10. The molecular weight excluding hydrogens is 320 g/mol. The van der Waals surface area contributed by atoms with Crippen molar-refractivity contribution in [2.45, 2.75) is 32.9 Å². The first kappa shape index (κ1) is 15.1. The van der Waals surface area contributed by atoms with Crippen LogP contribution in [0.15, 0.2) is 28.7 Å². The third kappa shape index (κ3) is 2.88. The van der Waals surface area contributed by atoms with Gasteiger partial charge in [-0.2, -0.15) is 5.10 Å². The molecule has 0 saturated heterocycles. The summed E-state index contributed by atoms with van der Waals surface area (Å²) in [7, 11) is 1.61. The molecule has 0 aliphatic heterocycles. The van der Waals surface area contributed by atoms with E-state index < -0.39 is 6.10 Å². The molecular formula is C15H19BrN2O2. The Kier molecular flexibility index (Phi) is 4.83. The normalized spacial score (nSPS) is 12.4. The van der Waals surface area contributed by atoms with Gasteiger partial charge in [-0.1, -0.05) is 18.2 Å². The molecule has 2 rings (SSSR count). The molecule has 4 nitrogen and oxygen atoms in total. The van der Waals surface area contributed by atoms with Gasteiger partial charge in [0, 0.05) is 18.5 Å². The SMILES string of the molecule is CCn1nc(C)c(Br)c1CC(O)c1ccccc1OC. The number of aliphatic hydroxyl groups is 1. The standard InChI is InChI=1S/C15H19BrN2O2/c1-4-18-12(15(16)10(2)17-18)9-13(19)11-7-5-6-8-14(11)20-3/h5-8,13,19H,4,9H2,1-3H3. The van der Waals surface area contributed by atoms with E-state index in [1.54, 1.807) is 7.11 Å². The number of halogens is 1. The molecule has 1 N–H and O–H groups in total. The monoisotopic (exact) mass is 338 g/mol. The Morgan fingerprint density at radius 1 is 1.40 bits per heavy atom. The lowest BCUT2D eigenvalue weighted by atomic mass is 10.0. The third-order valence-corrected chi connectivity index (χ3v) is 4.37. The topological polar surface area (TPSA) is 47.3 Å². The number of methoxy groups -OCH3 is 1. The molecule has 0 bridgehead atoms. The first-order chi connectivity index (χ1) is 9.58. The number of aryl methyl sites for hydroxylation is 2. The maximum absolute atomic E-state index is 10.5. The lowest BCUT2D eigenvalue weighted by Gasteiger charge is -2.15. The Hall–Kier alpha value is -1.33. The fourth-order valence-electron chi connectivity index (χ4n) is 2.30. The van der Waals surface area contributed by atoms with Crippen LogP contribution in [0.1, 0.15) is 30.0 Å². The second kappa shape index (κ2) is 6.41. The number of hydrogen-bond acceptors (Lipinski definition) is 3. The van der Waals surface area contributed by atoms with Crippen LogP contribution in [0.3, 0.4) is 0 Å². The molecule has 0 aliphatic rings. The summed E-state index contributed by atoms with van der Waals surface area (Å²) >= 11 is 3.55. The van der Waals surface area contributed by atoms with Crippen molar-refractivity contribution in [3.8, 4) is 5.75 Å². The van der Waals surface area contributed by atoms with Gasteiger partial charge in [-0.05, 0) is 35.8 Å². The number of ether oxygens (including phenoxy) is 1. The van der Waals surface area contributed by atoms with E-state index in [0.29, 0.717) is 12.2 Å². The Morgan fingerprint density at radius 2 is 2.10 bits per heavy atom. The van der Waals surface area contributed by atoms with Crippen LogP contribution in [0.25, 0.3) is 0 Å². The van der Waals surface area contributed by atoms with Gasteiger partial charge in [0.25, 0.3) is 0 Å². The highest BCUT2D eigenvalue weighted by Gasteiger charge is 2.19. The molecule has 1 unspecified atom stereocenters. The summed E-state index contributed by atoms with van der Waals surface area (Å²) in [5.74, 6) is 0.704. The van der Waals surface area contributed by atoms with E-state index in [0.717, 1.165) is 28.0 Å². The molecule has 1 heterocycles. The summed E-state index contributed by atoms with van der Waals surface area (Å²) in [4.78, 5) is 0. The number of para-hydroxylation sites is 1. The van der Waals surface area contributed by atoms with Gasteiger partial charge in [0.15, 0.2) is 0 Å². The van der Waals surface area contributed by atoms with E-state index in [1.807, 2.05) is 42.8 Å². The van der Waals surface area contributed by atoms with E-state index in [9.17, 15) is 5.11 Å².